The number of alkyl halides is 1. The zero-order chi connectivity index (χ0) is 7.98. The zero-order valence-electron chi connectivity index (χ0n) is 4.90. The molecule has 10 heavy (non-hydrogen) atoms. The summed E-state index contributed by atoms with van der Waals surface area (Å²) in [4.78, 5) is 0. The minimum Gasteiger partial charge on any atom is -0.185 e. The summed E-state index contributed by atoms with van der Waals surface area (Å²) in [6.45, 7) is 0. The Hall–Kier alpha value is 1.52. The molecular formula is C5H4BrI2NS. The molecule has 0 aromatic heterocycles. The number of thiocyanates is 1. The van der Waals surface area contributed by atoms with Gasteiger partial charge in [-0.1, -0.05) is 15.9 Å². The number of thioether (sulfide) groups is 1. The predicted molar refractivity (Wildman–Crippen MR) is 66.9 cm³/mol. The molecule has 0 aliphatic carbocycles. The fourth-order valence-corrected chi connectivity index (χ4v) is 2.58. The lowest BCUT2D eigenvalue weighted by atomic mass is 10.6. The van der Waals surface area contributed by atoms with E-state index >= 15 is 0 Å². The average molecular weight is 444 g/mol. The van der Waals surface area contributed by atoms with E-state index in [-0.39, 0.29) is 0 Å². The van der Waals surface area contributed by atoms with E-state index in [1.54, 1.807) is 0 Å². The van der Waals surface area contributed by atoms with Crippen LogP contribution in [0.1, 0.15) is 0 Å². The van der Waals surface area contributed by atoms with Gasteiger partial charge in [-0.2, -0.15) is 5.26 Å². The molecule has 0 fully saturated rings. The second kappa shape index (κ2) is 7.18. The van der Waals surface area contributed by atoms with Crippen molar-refractivity contribution in [2.45, 2.75) is 0 Å². The molecule has 1 nitrogen and oxygen atoms in total. The van der Waals surface area contributed by atoms with Gasteiger partial charge in [-0.25, -0.2) is 0 Å². The highest BCUT2D eigenvalue weighted by molar-refractivity contribution is 14.1. The molecule has 0 aromatic rings. The van der Waals surface area contributed by atoms with Gasteiger partial charge < -0.3 is 0 Å². The van der Waals surface area contributed by atoms with Gasteiger partial charge in [0.1, 0.15) is 5.40 Å². The molecule has 0 rings (SSSR count). The average Bonchev–Trinajstić information content (AvgIpc) is 1.98. The summed E-state index contributed by atoms with van der Waals surface area (Å²) in [6, 6.07) is 0. The number of nitrogens with zero attached hydrogens (tertiary/aromatic N) is 1. The predicted octanol–water partition coefficient (Wildman–Crippen LogP) is 3.68. The van der Waals surface area contributed by atoms with Crippen LogP contribution in [0.15, 0.2) is 7.16 Å². The van der Waals surface area contributed by atoms with E-state index in [0.717, 1.165) is 11.1 Å². The van der Waals surface area contributed by atoms with Gasteiger partial charge in [-0.3, -0.25) is 0 Å². The smallest absolute Gasteiger partial charge is 0.133 e. The van der Waals surface area contributed by atoms with Gasteiger partial charge in [0.25, 0.3) is 0 Å². The Kier molecular flexibility index (Phi) is 8.28. The summed E-state index contributed by atoms with van der Waals surface area (Å²) >= 11 is 9.15. The largest absolute Gasteiger partial charge is 0.185 e. The van der Waals surface area contributed by atoms with Crippen LogP contribution in [0.2, 0.25) is 0 Å². The summed E-state index contributed by atoms with van der Waals surface area (Å²) in [5, 5.41) is 11.2. The first-order valence-corrected chi connectivity index (χ1v) is 6.58. The van der Waals surface area contributed by atoms with Crippen LogP contribution in [0.25, 0.3) is 0 Å². The first-order valence-electron chi connectivity index (χ1n) is 2.32. The minimum absolute atomic E-state index is 0.806. The number of nitriles is 1. The van der Waals surface area contributed by atoms with Gasteiger partial charge >= 0.3 is 0 Å². The molecule has 0 unspecified atom stereocenters. The topological polar surface area (TPSA) is 23.8 Å². The van der Waals surface area contributed by atoms with Crippen LogP contribution in [0, 0.1) is 10.7 Å². The molecular weight excluding hydrogens is 440 g/mol. The number of hydrogen-bond acceptors (Lipinski definition) is 2. The standard InChI is InChI=1S/C5H4BrI2NS/c6-1-4(7)5(8)2-10-3-9/h1-2H2. The van der Waals surface area contributed by atoms with E-state index < -0.39 is 0 Å². The Balaban J connectivity index is 3.82. The van der Waals surface area contributed by atoms with Crippen molar-refractivity contribution in [3.8, 4) is 5.40 Å². The molecule has 0 radical (unpaired) electrons. The Morgan fingerprint density at radius 2 is 2.10 bits per heavy atom. The summed E-state index contributed by atoms with van der Waals surface area (Å²) in [7, 11) is 0. The second-order valence-electron chi connectivity index (χ2n) is 1.32. The molecule has 56 valence electrons. The fourth-order valence-electron chi connectivity index (χ4n) is 0.246. The van der Waals surface area contributed by atoms with Crippen molar-refractivity contribution in [1.82, 2.24) is 0 Å². The Morgan fingerprint density at radius 1 is 1.50 bits per heavy atom. The SMILES string of the molecule is N#CSCC(I)=C(I)CBr. The highest BCUT2D eigenvalue weighted by Gasteiger charge is 1.98. The van der Waals surface area contributed by atoms with Crippen LogP contribution in [0.5, 0.6) is 0 Å². The third-order valence-electron chi connectivity index (χ3n) is 0.675. The molecule has 0 aliphatic rings. The van der Waals surface area contributed by atoms with Crippen molar-refractivity contribution in [1.29, 1.82) is 5.26 Å². The fraction of sp³-hybridized carbons (Fsp3) is 0.400. The lowest BCUT2D eigenvalue weighted by molar-refractivity contribution is 1.56. The molecule has 0 saturated heterocycles. The first kappa shape index (κ1) is 11.5. The van der Waals surface area contributed by atoms with Crippen molar-refractivity contribution < 1.29 is 0 Å². The van der Waals surface area contributed by atoms with Crippen LogP contribution in [-0.4, -0.2) is 11.1 Å². The van der Waals surface area contributed by atoms with Gasteiger partial charge in [0.05, 0.1) is 0 Å². The molecule has 0 spiro atoms. The van der Waals surface area contributed by atoms with Gasteiger partial charge in [-0.15, -0.1) is 0 Å². The van der Waals surface area contributed by atoms with Gasteiger partial charge in [-0.05, 0) is 56.9 Å². The van der Waals surface area contributed by atoms with Gasteiger partial charge in [0.2, 0.25) is 0 Å². The van der Waals surface area contributed by atoms with E-state index in [1.807, 2.05) is 5.40 Å². The van der Waals surface area contributed by atoms with Crippen molar-refractivity contribution in [3.05, 3.63) is 7.16 Å². The summed E-state index contributed by atoms with van der Waals surface area (Å²) in [6.07, 6.45) is 0. The molecule has 5 heteroatoms. The highest BCUT2D eigenvalue weighted by Crippen LogP contribution is 2.23. The van der Waals surface area contributed by atoms with E-state index in [1.165, 1.54) is 18.9 Å². The lowest BCUT2D eigenvalue weighted by Crippen LogP contribution is -1.81. The maximum absolute atomic E-state index is 8.24. The van der Waals surface area contributed by atoms with Crippen LogP contribution in [0.3, 0.4) is 0 Å². The number of allylic oxidation sites excluding steroid dienone is 1. The lowest BCUT2D eigenvalue weighted by Gasteiger charge is -1.96. The quantitative estimate of drug-likeness (QED) is 0.377. The van der Waals surface area contributed by atoms with Gasteiger partial charge in [0.15, 0.2) is 0 Å². The molecule has 0 amide bonds. The molecule has 0 N–H and O–H groups in total. The van der Waals surface area contributed by atoms with E-state index in [9.17, 15) is 0 Å². The van der Waals surface area contributed by atoms with E-state index in [0.29, 0.717) is 0 Å². The van der Waals surface area contributed by atoms with Crippen molar-refractivity contribution in [2.75, 3.05) is 11.1 Å². The Bertz CT molecular complexity index is 175. The number of halogens is 3. The normalized spacial score (nSPS) is 12.2. The molecule has 0 atom stereocenters. The van der Waals surface area contributed by atoms with Crippen LogP contribution < -0.4 is 0 Å². The monoisotopic (exact) mass is 443 g/mol. The van der Waals surface area contributed by atoms with E-state index in [2.05, 4.69) is 61.1 Å². The molecule has 0 heterocycles. The third-order valence-corrected chi connectivity index (χ3v) is 6.46. The second-order valence-corrected chi connectivity index (χ2v) is 5.25. The molecule has 0 bridgehead atoms. The van der Waals surface area contributed by atoms with Gasteiger partial charge in [0, 0.05) is 18.2 Å². The minimum atomic E-state index is 0.806. The molecule has 0 saturated carbocycles. The van der Waals surface area contributed by atoms with Crippen LogP contribution in [0.4, 0.5) is 0 Å². The number of hydrogen-bond donors (Lipinski definition) is 0. The summed E-state index contributed by atoms with van der Waals surface area (Å²) in [5.41, 5.74) is 0. The third kappa shape index (κ3) is 5.21. The number of rotatable bonds is 3. The van der Waals surface area contributed by atoms with Crippen molar-refractivity contribution in [3.63, 3.8) is 0 Å². The molecule has 0 aromatic carbocycles. The van der Waals surface area contributed by atoms with Crippen molar-refractivity contribution >= 4 is 72.9 Å². The Morgan fingerprint density at radius 3 is 2.50 bits per heavy atom. The Labute approximate surface area is 100 Å². The van der Waals surface area contributed by atoms with E-state index in [4.69, 9.17) is 5.26 Å². The first-order chi connectivity index (χ1) is 4.72. The maximum Gasteiger partial charge on any atom is 0.133 e. The van der Waals surface area contributed by atoms with Crippen LogP contribution >= 0.6 is 72.9 Å². The maximum atomic E-state index is 8.24. The van der Waals surface area contributed by atoms with Crippen molar-refractivity contribution in [2.24, 2.45) is 0 Å². The molecule has 0 aliphatic heterocycles. The van der Waals surface area contributed by atoms with Crippen LogP contribution in [-0.2, 0) is 0 Å². The summed E-state index contributed by atoms with van der Waals surface area (Å²) < 4.78 is 2.53. The zero-order valence-corrected chi connectivity index (χ0v) is 11.6. The highest BCUT2D eigenvalue weighted by atomic mass is 127. The summed E-state index contributed by atoms with van der Waals surface area (Å²) in [5.74, 6) is 0.806.